The van der Waals surface area contributed by atoms with Crippen molar-refractivity contribution in [1.29, 1.82) is 0 Å². The van der Waals surface area contributed by atoms with E-state index in [0.717, 1.165) is 12.8 Å². The molecule has 1 aliphatic carbocycles. The van der Waals surface area contributed by atoms with Gasteiger partial charge in [-0.1, -0.05) is 0 Å². The maximum atomic E-state index is 10.9. The molecular weight excluding hydrogens is 158 g/mol. The summed E-state index contributed by atoms with van der Waals surface area (Å²) in [6, 6.07) is 0.157. The minimum atomic E-state index is -0.932. The van der Waals surface area contributed by atoms with Crippen LogP contribution in [0.4, 0.5) is 0 Å². The molecule has 0 aromatic rings. The van der Waals surface area contributed by atoms with Crippen molar-refractivity contribution >= 4 is 5.91 Å². The van der Waals surface area contributed by atoms with Crippen LogP contribution in [0.15, 0.2) is 0 Å². The highest BCUT2D eigenvalue weighted by Gasteiger charge is 2.30. The summed E-state index contributed by atoms with van der Waals surface area (Å²) in [4.78, 5) is 10.9. The number of carbonyl (C=O) groups excluding carboxylic acids is 1. The van der Waals surface area contributed by atoms with Gasteiger partial charge in [-0.05, 0) is 25.7 Å². The van der Waals surface area contributed by atoms with Gasteiger partial charge in [-0.3, -0.25) is 4.79 Å². The topological polar surface area (TPSA) is 69.6 Å². The number of hydrogen-bond acceptors (Lipinski definition) is 3. The van der Waals surface area contributed by atoms with Gasteiger partial charge < -0.3 is 15.5 Å². The predicted octanol–water partition coefficient (Wildman–Crippen LogP) is -0.746. The van der Waals surface area contributed by atoms with Crippen molar-refractivity contribution in [3.8, 4) is 0 Å². The van der Waals surface area contributed by atoms with Crippen LogP contribution in [-0.4, -0.2) is 34.9 Å². The molecule has 12 heavy (non-hydrogen) atoms. The van der Waals surface area contributed by atoms with Crippen molar-refractivity contribution in [3.05, 3.63) is 0 Å². The van der Waals surface area contributed by atoms with E-state index in [2.05, 4.69) is 5.32 Å². The molecule has 0 bridgehead atoms. The van der Waals surface area contributed by atoms with E-state index >= 15 is 0 Å². The summed E-state index contributed by atoms with van der Waals surface area (Å²) in [6.45, 7) is 1.64. The van der Waals surface area contributed by atoms with E-state index in [1.54, 1.807) is 0 Å². The van der Waals surface area contributed by atoms with Crippen molar-refractivity contribution < 1.29 is 15.0 Å². The Morgan fingerprint density at radius 1 is 1.67 bits per heavy atom. The second kappa shape index (κ2) is 3.87. The van der Waals surface area contributed by atoms with Crippen LogP contribution in [0.2, 0.25) is 0 Å². The molecule has 4 heteroatoms. The van der Waals surface area contributed by atoms with Crippen molar-refractivity contribution in [2.45, 2.75) is 31.9 Å². The third-order valence-electron chi connectivity index (χ3n) is 2.22. The van der Waals surface area contributed by atoms with Crippen LogP contribution in [0.3, 0.4) is 0 Å². The molecular formula is C8H15NO3. The summed E-state index contributed by atoms with van der Waals surface area (Å²) < 4.78 is 0. The maximum absolute atomic E-state index is 10.9. The zero-order valence-electron chi connectivity index (χ0n) is 7.16. The van der Waals surface area contributed by atoms with Crippen LogP contribution in [0.1, 0.15) is 19.8 Å². The molecule has 0 spiro atoms. The van der Waals surface area contributed by atoms with Gasteiger partial charge in [-0.2, -0.15) is 0 Å². The Kier molecular flexibility index (Phi) is 3.05. The van der Waals surface area contributed by atoms with Crippen LogP contribution in [0.5, 0.6) is 0 Å². The molecule has 0 saturated heterocycles. The summed E-state index contributed by atoms with van der Waals surface area (Å²) in [5.41, 5.74) is 0. The molecule has 0 aliphatic heterocycles. The molecule has 1 aliphatic rings. The van der Waals surface area contributed by atoms with Gasteiger partial charge in [-0.25, -0.2) is 0 Å². The third-order valence-corrected chi connectivity index (χ3v) is 2.22. The van der Waals surface area contributed by atoms with E-state index in [4.69, 9.17) is 10.2 Å². The van der Waals surface area contributed by atoms with Gasteiger partial charge in [0.1, 0.15) is 6.10 Å². The van der Waals surface area contributed by atoms with Crippen LogP contribution >= 0.6 is 0 Å². The van der Waals surface area contributed by atoms with E-state index in [1.165, 1.54) is 6.92 Å². The van der Waals surface area contributed by atoms with Gasteiger partial charge in [-0.15, -0.1) is 0 Å². The number of aliphatic hydroxyl groups is 2. The Morgan fingerprint density at radius 2 is 2.25 bits per heavy atom. The summed E-state index contributed by atoms with van der Waals surface area (Å²) in [7, 11) is 0. The van der Waals surface area contributed by atoms with Crippen molar-refractivity contribution in [1.82, 2.24) is 5.32 Å². The number of hydrogen-bond donors (Lipinski definition) is 3. The van der Waals surface area contributed by atoms with E-state index < -0.39 is 6.10 Å². The standard InChI is InChI=1S/C8H15NO3/c1-5(11)8(12)9-7-2-6(3-7)4-10/h5-7,10-11H,2-4H2,1H3,(H,9,12)/t5-,6-,7+/m0/s1. The fraction of sp³-hybridized carbons (Fsp3) is 0.875. The summed E-state index contributed by atoms with van der Waals surface area (Å²) in [5.74, 6) is 0.0145. The van der Waals surface area contributed by atoms with Crippen molar-refractivity contribution in [2.75, 3.05) is 6.61 Å². The molecule has 1 saturated carbocycles. The number of carbonyl (C=O) groups is 1. The molecule has 3 N–H and O–H groups in total. The second-order valence-corrected chi connectivity index (χ2v) is 3.40. The van der Waals surface area contributed by atoms with Crippen molar-refractivity contribution in [2.24, 2.45) is 5.92 Å². The van der Waals surface area contributed by atoms with Gasteiger partial charge in [0.2, 0.25) is 5.91 Å². The molecule has 0 aromatic carbocycles. The van der Waals surface area contributed by atoms with Crippen LogP contribution < -0.4 is 5.32 Å². The first-order valence-electron chi connectivity index (χ1n) is 4.22. The lowest BCUT2D eigenvalue weighted by molar-refractivity contribution is -0.130. The zero-order valence-corrected chi connectivity index (χ0v) is 7.16. The van der Waals surface area contributed by atoms with Gasteiger partial charge in [0, 0.05) is 12.6 Å². The normalized spacial score (nSPS) is 30.6. The van der Waals surface area contributed by atoms with Crippen molar-refractivity contribution in [3.63, 3.8) is 0 Å². The van der Waals surface area contributed by atoms with Gasteiger partial charge in [0.15, 0.2) is 0 Å². The summed E-state index contributed by atoms with van der Waals surface area (Å²) in [6.07, 6.45) is 0.724. The third kappa shape index (κ3) is 2.19. The zero-order chi connectivity index (χ0) is 9.14. The average molecular weight is 173 g/mol. The first-order chi connectivity index (χ1) is 5.63. The molecule has 0 aromatic heterocycles. The highest BCUT2D eigenvalue weighted by molar-refractivity contribution is 5.80. The average Bonchev–Trinajstić information content (AvgIpc) is 1.94. The minimum Gasteiger partial charge on any atom is -0.396 e. The Morgan fingerprint density at radius 3 is 2.67 bits per heavy atom. The molecule has 1 atom stereocenters. The van der Waals surface area contributed by atoms with Crippen LogP contribution in [-0.2, 0) is 4.79 Å². The van der Waals surface area contributed by atoms with E-state index in [0.29, 0.717) is 5.92 Å². The van der Waals surface area contributed by atoms with E-state index in [9.17, 15) is 4.79 Å². The Labute approximate surface area is 71.6 Å². The van der Waals surface area contributed by atoms with E-state index in [-0.39, 0.29) is 18.6 Å². The maximum Gasteiger partial charge on any atom is 0.248 e. The molecule has 0 heterocycles. The first kappa shape index (κ1) is 9.48. The summed E-state index contributed by atoms with van der Waals surface area (Å²) >= 11 is 0. The molecule has 0 radical (unpaired) electrons. The fourth-order valence-corrected chi connectivity index (χ4v) is 1.32. The monoisotopic (exact) mass is 173 g/mol. The lowest BCUT2D eigenvalue weighted by Gasteiger charge is -2.34. The Balaban J connectivity index is 2.14. The highest BCUT2D eigenvalue weighted by atomic mass is 16.3. The number of rotatable bonds is 3. The highest BCUT2D eigenvalue weighted by Crippen LogP contribution is 2.26. The lowest BCUT2D eigenvalue weighted by atomic mass is 9.81. The van der Waals surface area contributed by atoms with Gasteiger partial charge >= 0.3 is 0 Å². The number of nitrogens with one attached hydrogen (secondary N) is 1. The molecule has 4 nitrogen and oxygen atoms in total. The number of aliphatic hydroxyl groups excluding tert-OH is 2. The Hall–Kier alpha value is -0.610. The largest absolute Gasteiger partial charge is 0.396 e. The molecule has 70 valence electrons. The van der Waals surface area contributed by atoms with Gasteiger partial charge in [0.05, 0.1) is 0 Å². The predicted molar refractivity (Wildman–Crippen MR) is 43.4 cm³/mol. The molecule has 1 amide bonds. The summed E-state index contributed by atoms with van der Waals surface area (Å²) in [5, 5.41) is 20.2. The molecule has 0 unspecified atom stereocenters. The SMILES string of the molecule is C[C@H](O)C(=O)N[C@H]1C[C@@H](CO)C1. The Bertz CT molecular complexity index is 164. The first-order valence-corrected chi connectivity index (χ1v) is 4.22. The lowest BCUT2D eigenvalue weighted by Crippen LogP contribution is -2.48. The van der Waals surface area contributed by atoms with Crippen LogP contribution in [0.25, 0.3) is 0 Å². The molecule has 1 rings (SSSR count). The van der Waals surface area contributed by atoms with Crippen LogP contribution in [0, 0.1) is 5.92 Å². The number of amides is 1. The van der Waals surface area contributed by atoms with E-state index in [1.807, 2.05) is 0 Å². The smallest absolute Gasteiger partial charge is 0.248 e. The minimum absolute atomic E-state index is 0.157. The second-order valence-electron chi connectivity index (χ2n) is 3.40. The fourth-order valence-electron chi connectivity index (χ4n) is 1.32. The van der Waals surface area contributed by atoms with Gasteiger partial charge in [0.25, 0.3) is 0 Å². The quantitative estimate of drug-likeness (QED) is 0.526. The molecule has 1 fully saturated rings.